The molecule has 1 aromatic rings. The van der Waals surface area contributed by atoms with Crippen LogP contribution in [-0.2, 0) is 9.53 Å². The van der Waals surface area contributed by atoms with Crippen LogP contribution in [0.5, 0.6) is 0 Å². The smallest absolute Gasteiger partial charge is 0.327 e. The van der Waals surface area contributed by atoms with Crippen LogP contribution in [0.2, 0.25) is 0 Å². The molecule has 2 N–H and O–H groups in total. The van der Waals surface area contributed by atoms with Crippen molar-refractivity contribution in [1.82, 2.24) is 0 Å². The van der Waals surface area contributed by atoms with Gasteiger partial charge in [0.15, 0.2) is 0 Å². The monoisotopic (exact) mass is 233 g/mol. The number of hydrogen-bond acceptors (Lipinski definition) is 3. The molecule has 0 heterocycles. The molecule has 0 fully saturated rings. The SMILES string of the molecule is COC(=O)[C@H](N)c1cccc(F)c1C.Cl. The van der Waals surface area contributed by atoms with Crippen molar-refractivity contribution >= 4 is 18.4 Å². The van der Waals surface area contributed by atoms with Crippen LogP contribution in [0, 0.1) is 12.7 Å². The molecule has 1 atom stereocenters. The third-order valence-electron chi connectivity index (χ3n) is 2.10. The minimum Gasteiger partial charge on any atom is -0.468 e. The van der Waals surface area contributed by atoms with Gasteiger partial charge in [0.1, 0.15) is 11.9 Å². The zero-order chi connectivity index (χ0) is 10.7. The summed E-state index contributed by atoms with van der Waals surface area (Å²) in [6, 6.07) is 3.53. The van der Waals surface area contributed by atoms with E-state index in [1.165, 1.54) is 19.2 Å². The lowest BCUT2D eigenvalue weighted by Crippen LogP contribution is -2.23. The molecule has 0 bridgehead atoms. The minimum absolute atomic E-state index is 0. The molecular formula is C10H13ClFNO2. The van der Waals surface area contributed by atoms with Crippen molar-refractivity contribution in [2.45, 2.75) is 13.0 Å². The molecule has 1 aromatic carbocycles. The average Bonchev–Trinajstić information content (AvgIpc) is 2.20. The van der Waals surface area contributed by atoms with E-state index in [9.17, 15) is 9.18 Å². The Balaban J connectivity index is 0.00000196. The first-order valence-electron chi connectivity index (χ1n) is 4.16. The molecule has 0 saturated heterocycles. The van der Waals surface area contributed by atoms with E-state index < -0.39 is 12.0 Å². The van der Waals surface area contributed by atoms with Crippen molar-refractivity contribution in [3.8, 4) is 0 Å². The molecule has 1 rings (SSSR count). The highest BCUT2D eigenvalue weighted by atomic mass is 35.5. The number of esters is 1. The summed E-state index contributed by atoms with van der Waals surface area (Å²) in [5.41, 5.74) is 6.41. The molecule has 0 aliphatic heterocycles. The van der Waals surface area contributed by atoms with Crippen LogP contribution in [0.1, 0.15) is 17.2 Å². The van der Waals surface area contributed by atoms with E-state index in [4.69, 9.17) is 5.73 Å². The zero-order valence-corrected chi connectivity index (χ0v) is 9.31. The van der Waals surface area contributed by atoms with Crippen molar-refractivity contribution in [3.05, 3.63) is 35.1 Å². The maximum atomic E-state index is 13.1. The Kier molecular flexibility index (Phi) is 5.25. The standard InChI is InChI=1S/C10H12FNO2.ClH/c1-6-7(4-3-5-8(6)11)9(12)10(13)14-2;/h3-5,9H,12H2,1-2H3;1H/t9-;/m1./s1. The Labute approximate surface area is 93.8 Å². The molecule has 0 radical (unpaired) electrons. The van der Waals surface area contributed by atoms with Gasteiger partial charge in [-0.2, -0.15) is 0 Å². The summed E-state index contributed by atoms with van der Waals surface area (Å²) in [5.74, 6) is -0.944. The van der Waals surface area contributed by atoms with E-state index in [2.05, 4.69) is 4.74 Å². The molecule has 15 heavy (non-hydrogen) atoms. The summed E-state index contributed by atoms with van der Waals surface area (Å²) in [4.78, 5) is 11.1. The highest BCUT2D eigenvalue weighted by Crippen LogP contribution is 2.18. The number of benzene rings is 1. The number of ether oxygens (including phenoxy) is 1. The van der Waals surface area contributed by atoms with Crippen LogP contribution >= 0.6 is 12.4 Å². The molecule has 3 nitrogen and oxygen atoms in total. The quantitative estimate of drug-likeness (QED) is 0.792. The van der Waals surface area contributed by atoms with Gasteiger partial charge < -0.3 is 10.5 Å². The first kappa shape index (κ1) is 13.9. The van der Waals surface area contributed by atoms with Gasteiger partial charge in [0.2, 0.25) is 0 Å². The fraction of sp³-hybridized carbons (Fsp3) is 0.300. The Hall–Kier alpha value is -1.13. The summed E-state index contributed by atoms with van der Waals surface area (Å²) >= 11 is 0. The van der Waals surface area contributed by atoms with E-state index in [1.54, 1.807) is 13.0 Å². The lowest BCUT2D eigenvalue weighted by molar-refractivity contribution is -0.142. The van der Waals surface area contributed by atoms with Crippen LogP contribution in [-0.4, -0.2) is 13.1 Å². The van der Waals surface area contributed by atoms with E-state index in [-0.39, 0.29) is 18.2 Å². The van der Waals surface area contributed by atoms with Crippen molar-refractivity contribution in [3.63, 3.8) is 0 Å². The maximum Gasteiger partial charge on any atom is 0.327 e. The number of methoxy groups -OCH3 is 1. The zero-order valence-electron chi connectivity index (χ0n) is 8.49. The normalized spacial score (nSPS) is 11.5. The third-order valence-corrected chi connectivity index (χ3v) is 2.10. The molecule has 84 valence electrons. The van der Waals surface area contributed by atoms with Gasteiger partial charge in [-0.05, 0) is 24.1 Å². The van der Waals surface area contributed by atoms with E-state index in [0.29, 0.717) is 11.1 Å². The summed E-state index contributed by atoms with van der Waals surface area (Å²) in [5, 5.41) is 0. The maximum absolute atomic E-state index is 13.1. The van der Waals surface area contributed by atoms with Gasteiger partial charge in [-0.3, -0.25) is 4.79 Å². The van der Waals surface area contributed by atoms with Gasteiger partial charge in [0.05, 0.1) is 7.11 Å². The third kappa shape index (κ3) is 2.91. The molecule has 0 saturated carbocycles. The number of rotatable bonds is 2. The average molecular weight is 234 g/mol. The molecule has 0 unspecified atom stereocenters. The number of nitrogens with two attached hydrogens (primary N) is 1. The molecule has 0 aliphatic carbocycles. The first-order valence-corrected chi connectivity index (χ1v) is 4.16. The molecule has 5 heteroatoms. The number of hydrogen-bond donors (Lipinski definition) is 1. The summed E-state index contributed by atoms with van der Waals surface area (Å²) in [6.45, 7) is 1.58. The second kappa shape index (κ2) is 5.68. The van der Waals surface area contributed by atoms with Gasteiger partial charge in [-0.15, -0.1) is 12.4 Å². The fourth-order valence-electron chi connectivity index (χ4n) is 1.22. The predicted molar refractivity (Wildman–Crippen MR) is 57.3 cm³/mol. The molecule has 0 spiro atoms. The molecule has 0 aliphatic rings. The van der Waals surface area contributed by atoms with Crippen LogP contribution in [0.3, 0.4) is 0 Å². The molecule has 0 amide bonds. The van der Waals surface area contributed by atoms with Crippen LogP contribution in [0.15, 0.2) is 18.2 Å². The summed E-state index contributed by atoms with van der Waals surface area (Å²) < 4.78 is 17.6. The lowest BCUT2D eigenvalue weighted by Gasteiger charge is -2.12. The number of carbonyl (C=O) groups is 1. The lowest BCUT2D eigenvalue weighted by atomic mass is 10.0. The highest BCUT2D eigenvalue weighted by Gasteiger charge is 2.19. The number of carbonyl (C=O) groups excluding carboxylic acids is 1. The summed E-state index contributed by atoms with van der Waals surface area (Å²) in [7, 11) is 1.25. The van der Waals surface area contributed by atoms with Gasteiger partial charge >= 0.3 is 5.97 Å². The number of halogens is 2. The molecule has 0 aromatic heterocycles. The Morgan fingerprint density at radius 1 is 1.53 bits per heavy atom. The van der Waals surface area contributed by atoms with E-state index in [1.807, 2.05) is 0 Å². The van der Waals surface area contributed by atoms with E-state index >= 15 is 0 Å². The second-order valence-corrected chi connectivity index (χ2v) is 2.95. The minimum atomic E-state index is -0.921. The summed E-state index contributed by atoms with van der Waals surface area (Å²) in [6.07, 6.45) is 0. The molecular weight excluding hydrogens is 221 g/mol. The van der Waals surface area contributed by atoms with Gasteiger partial charge in [0.25, 0.3) is 0 Å². The van der Waals surface area contributed by atoms with Crippen molar-refractivity contribution < 1.29 is 13.9 Å². The second-order valence-electron chi connectivity index (χ2n) is 2.95. The Bertz CT molecular complexity index is 357. The van der Waals surface area contributed by atoms with Crippen LogP contribution in [0.25, 0.3) is 0 Å². The first-order chi connectivity index (χ1) is 6.57. The van der Waals surface area contributed by atoms with Crippen molar-refractivity contribution in [1.29, 1.82) is 0 Å². The largest absolute Gasteiger partial charge is 0.468 e. The highest BCUT2D eigenvalue weighted by molar-refractivity contribution is 5.85. The topological polar surface area (TPSA) is 52.3 Å². The van der Waals surface area contributed by atoms with Crippen LogP contribution in [0.4, 0.5) is 4.39 Å². The van der Waals surface area contributed by atoms with Gasteiger partial charge in [0, 0.05) is 0 Å². The van der Waals surface area contributed by atoms with Gasteiger partial charge in [-0.25, -0.2) is 4.39 Å². The Morgan fingerprint density at radius 2 is 2.13 bits per heavy atom. The predicted octanol–water partition coefficient (Wildman–Crippen LogP) is 1.73. The van der Waals surface area contributed by atoms with Crippen LogP contribution < -0.4 is 5.73 Å². The van der Waals surface area contributed by atoms with Crippen molar-refractivity contribution in [2.24, 2.45) is 5.73 Å². The van der Waals surface area contributed by atoms with Gasteiger partial charge in [-0.1, -0.05) is 12.1 Å². The fourth-order valence-corrected chi connectivity index (χ4v) is 1.22. The van der Waals surface area contributed by atoms with Crippen molar-refractivity contribution in [2.75, 3.05) is 7.11 Å². The van der Waals surface area contributed by atoms with E-state index in [0.717, 1.165) is 0 Å². The Morgan fingerprint density at radius 3 is 2.67 bits per heavy atom.